The Morgan fingerprint density at radius 1 is 1.27 bits per heavy atom. The fourth-order valence-electron chi connectivity index (χ4n) is 2.56. The van der Waals surface area contributed by atoms with Gasteiger partial charge in [-0.1, -0.05) is 23.7 Å². The Morgan fingerprint density at radius 2 is 1.91 bits per heavy atom. The van der Waals surface area contributed by atoms with Crippen LogP contribution in [0.3, 0.4) is 0 Å². The number of ether oxygens (including phenoxy) is 1. The molecule has 1 aliphatic heterocycles. The van der Waals surface area contributed by atoms with Crippen LogP contribution in [0.15, 0.2) is 24.3 Å². The van der Waals surface area contributed by atoms with E-state index in [0.717, 1.165) is 24.8 Å². The van der Waals surface area contributed by atoms with Gasteiger partial charge in [0.05, 0.1) is 7.11 Å². The van der Waals surface area contributed by atoms with Crippen LogP contribution >= 0.6 is 11.6 Å². The molecule has 0 aliphatic carbocycles. The second-order valence-electron chi connectivity index (χ2n) is 5.42. The molecule has 1 aliphatic rings. The Bertz CT molecular complexity index is 511. The highest BCUT2D eigenvalue weighted by Crippen LogP contribution is 2.14. The van der Waals surface area contributed by atoms with Gasteiger partial charge >= 0.3 is 6.09 Å². The first-order valence-electron chi connectivity index (χ1n) is 7.45. The zero-order chi connectivity index (χ0) is 15.9. The van der Waals surface area contributed by atoms with Crippen molar-refractivity contribution in [1.82, 2.24) is 10.2 Å². The highest BCUT2D eigenvalue weighted by atomic mass is 35.5. The van der Waals surface area contributed by atoms with Crippen molar-refractivity contribution in [2.24, 2.45) is 0 Å². The summed E-state index contributed by atoms with van der Waals surface area (Å²) < 4.78 is 4.58. The average molecular weight is 325 g/mol. The first kappa shape index (κ1) is 16.6. The van der Waals surface area contributed by atoms with Gasteiger partial charge in [-0.3, -0.25) is 4.79 Å². The van der Waals surface area contributed by atoms with Crippen LogP contribution in [0.25, 0.3) is 0 Å². The molecule has 0 saturated carbocycles. The van der Waals surface area contributed by atoms with Crippen LogP contribution in [0, 0.1) is 0 Å². The van der Waals surface area contributed by atoms with Gasteiger partial charge in [0.2, 0.25) is 5.91 Å². The minimum absolute atomic E-state index is 0.0905. The first-order valence-corrected chi connectivity index (χ1v) is 7.83. The third-order valence-corrected chi connectivity index (χ3v) is 4.15. The third kappa shape index (κ3) is 4.91. The summed E-state index contributed by atoms with van der Waals surface area (Å²) in [5, 5.41) is 3.48. The summed E-state index contributed by atoms with van der Waals surface area (Å²) in [6.45, 7) is 1.35. The summed E-state index contributed by atoms with van der Waals surface area (Å²) in [6, 6.07) is 7.66. The van der Waals surface area contributed by atoms with Crippen LogP contribution < -0.4 is 5.32 Å². The lowest BCUT2D eigenvalue weighted by molar-refractivity contribution is -0.132. The number of hydrogen-bond donors (Lipinski definition) is 1. The fraction of sp³-hybridized carbons (Fsp3) is 0.500. The van der Waals surface area contributed by atoms with Crippen molar-refractivity contribution in [3.8, 4) is 0 Å². The summed E-state index contributed by atoms with van der Waals surface area (Å²) in [6.07, 6.45) is 2.34. The van der Waals surface area contributed by atoms with Crippen molar-refractivity contribution in [3.05, 3.63) is 34.9 Å². The zero-order valence-electron chi connectivity index (χ0n) is 12.7. The molecule has 1 heterocycles. The highest BCUT2D eigenvalue weighted by molar-refractivity contribution is 6.30. The normalized spacial score (nSPS) is 15.5. The molecule has 1 N–H and O–H groups in total. The first-order chi connectivity index (χ1) is 10.6. The topological polar surface area (TPSA) is 58.6 Å². The van der Waals surface area contributed by atoms with Crippen molar-refractivity contribution in [1.29, 1.82) is 0 Å². The fourth-order valence-corrected chi connectivity index (χ4v) is 2.69. The van der Waals surface area contributed by atoms with Crippen LogP contribution in [0.2, 0.25) is 5.02 Å². The molecule has 0 atom stereocenters. The molecule has 0 unspecified atom stereocenters. The lowest BCUT2D eigenvalue weighted by Gasteiger charge is -2.32. The minimum Gasteiger partial charge on any atom is -0.453 e. The summed E-state index contributed by atoms with van der Waals surface area (Å²) in [5.74, 6) is 0.159. The molecule has 2 rings (SSSR count). The lowest BCUT2D eigenvalue weighted by Crippen LogP contribution is -2.46. The van der Waals surface area contributed by atoms with E-state index in [2.05, 4.69) is 10.1 Å². The molecule has 0 aromatic heterocycles. The number of carbonyl (C=O) groups is 2. The van der Waals surface area contributed by atoms with E-state index < -0.39 is 6.09 Å². The van der Waals surface area contributed by atoms with E-state index in [1.165, 1.54) is 7.11 Å². The van der Waals surface area contributed by atoms with Gasteiger partial charge in [0.25, 0.3) is 0 Å². The number of piperidine rings is 1. The zero-order valence-corrected chi connectivity index (χ0v) is 13.4. The molecule has 6 heteroatoms. The SMILES string of the molecule is COC(=O)NC1CCN(C(=O)CCc2ccc(Cl)cc2)CC1. The molecule has 1 aromatic carbocycles. The van der Waals surface area contributed by atoms with Gasteiger partial charge in [-0.2, -0.15) is 0 Å². The molecule has 1 saturated heterocycles. The van der Waals surface area contributed by atoms with E-state index in [0.29, 0.717) is 24.5 Å². The molecule has 0 spiro atoms. The molecule has 5 nitrogen and oxygen atoms in total. The van der Waals surface area contributed by atoms with E-state index >= 15 is 0 Å². The number of nitrogens with one attached hydrogen (secondary N) is 1. The number of amides is 2. The van der Waals surface area contributed by atoms with E-state index in [1.54, 1.807) is 0 Å². The quantitative estimate of drug-likeness (QED) is 0.926. The minimum atomic E-state index is -0.410. The summed E-state index contributed by atoms with van der Waals surface area (Å²) >= 11 is 5.84. The molecule has 0 radical (unpaired) electrons. The van der Waals surface area contributed by atoms with Gasteiger partial charge < -0.3 is 15.0 Å². The number of halogens is 1. The number of methoxy groups -OCH3 is 1. The van der Waals surface area contributed by atoms with Gasteiger partial charge in [-0.05, 0) is 37.0 Å². The number of hydrogen-bond acceptors (Lipinski definition) is 3. The Kier molecular flexibility index (Phi) is 6.07. The number of aryl methyl sites for hydroxylation is 1. The second-order valence-corrected chi connectivity index (χ2v) is 5.85. The Labute approximate surface area is 135 Å². The monoisotopic (exact) mass is 324 g/mol. The summed E-state index contributed by atoms with van der Waals surface area (Å²) in [5.41, 5.74) is 1.11. The number of nitrogens with zero attached hydrogens (tertiary/aromatic N) is 1. The third-order valence-electron chi connectivity index (χ3n) is 3.90. The molecule has 22 heavy (non-hydrogen) atoms. The average Bonchev–Trinajstić information content (AvgIpc) is 2.54. The van der Waals surface area contributed by atoms with E-state index in [-0.39, 0.29) is 11.9 Å². The molecular weight excluding hydrogens is 304 g/mol. The molecule has 120 valence electrons. The van der Waals surface area contributed by atoms with E-state index in [4.69, 9.17) is 11.6 Å². The number of likely N-dealkylation sites (tertiary alicyclic amines) is 1. The van der Waals surface area contributed by atoms with Crippen LogP contribution in [-0.2, 0) is 16.0 Å². The number of rotatable bonds is 4. The van der Waals surface area contributed by atoms with Crippen LogP contribution in [-0.4, -0.2) is 43.1 Å². The van der Waals surface area contributed by atoms with Crippen LogP contribution in [0.5, 0.6) is 0 Å². The van der Waals surface area contributed by atoms with Gasteiger partial charge in [0.1, 0.15) is 0 Å². The van der Waals surface area contributed by atoms with Crippen molar-refractivity contribution < 1.29 is 14.3 Å². The molecule has 2 amide bonds. The molecule has 0 bridgehead atoms. The Hall–Kier alpha value is -1.75. The second kappa shape index (κ2) is 8.03. The summed E-state index contributed by atoms with van der Waals surface area (Å²) in [7, 11) is 1.35. The van der Waals surface area contributed by atoms with Crippen molar-refractivity contribution in [2.45, 2.75) is 31.7 Å². The number of alkyl carbamates (subject to hydrolysis) is 1. The summed E-state index contributed by atoms with van der Waals surface area (Å²) in [4.78, 5) is 25.2. The standard InChI is InChI=1S/C16H21ClN2O3/c1-22-16(21)18-14-8-10-19(11-9-14)15(20)7-4-12-2-5-13(17)6-3-12/h2-3,5-6,14H,4,7-11H2,1H3,(H,18,21). The Balaban J connectivity index is 1.73. The maximum absolute atomic E-state index is 12.2. The van der Waals surface area contributed by atoms with Crippen LogP contribution in [0.1, 0.15) is 24.8 Å². The molecule has 1 fully saturated rings. The van der Waals surface area contributed by atoms with Crippen LogP contribution in [0.4, 0.5) is 4.79 Å². The maximum atomic E-state index is 12.2. The number of benzene rings is 1. The highest BCUT2D eigenvalue weighted by Gasteiger charge is 2.23. The molecule has 1 aromatic rings. The predicted molar refractivity (Wildman–Crippen MR) is 84.9 cm³/mol. The lowest BCUT2D eigenvalue weighted by atomic mass is 10.0. The van der Waals surface area contributed by atoms with Crippen molar-refractivity contribution >= 4 is 23.6 Å². The number of carbonyl (C=O) groups excluding carboxylic acids is 2. The Morgan fingerprint density at radius 3 is 2.50 bits per heavy atom. The van der Waals surface area contributed by atoms with Crippen molar-refractivity contribution in [3.63, 3.8) is 0 Å². The smallest absolute Gasteiger partial charge is 0.407 e. The molecular formula is C16H21ClN2O3. The largest absolute Gasteiger partial charge is 0.453 e. The van der Waals surface area contributed by atoms with Gasteiger partial charge in [-0.15, -0.1) is 0 Å². The maximum Gasteiger partial charge on any atom is 0.407 e. The van der Waals surface area contributed by atoms with Gasteiger partial charge in [0, 0.05) is 30.6 Å². The van der Waals surface area contributed by atoms with Gasteiger partial charge in [0.15, 0.2) is 0 Å². The van der Waals surface area contributed by atoms with Gasteiger partial charge in [-0.25, -0.2) is 4.79 Å². The van der Waals surface area contributed by atoms with Crippen molar-refractivity contribution in [2.75, 3.05) is 20.2 Å². The van der Waals surface area contributed by atoms with E-state index in [9.17, 15) is 9.59 Å². The predicted octanol–water partition coefficient (Wildman–Crippen LogP) is 2.62. The van der Waals surface area contributed by atoms with E-state index in [1.807, 2.05) is 29.2 Å².